The van der Waals surface area contributed by atoms with Crippen molar-refractivity contribution in [1.82, 2.24) is 9.97 Å². The molecule has 1 aromatic carbocycles. The molecule has 0 atom stereocenters. The lowest BCUT2D eigenvalue weighted by Gasteiger charge is -2.08. The van der Waals surface area contributed by atoms with Crippen molar-refractivity contribution >= 4 is 17.5 Å². The molecule has 0 saturated carbocycles. The Morgan fingerprint density at radius 1 is 1.29 bits per heavy atom. The zero-order valence-corrected chi connectivity index (χ0v) is 9.04. The van der Waals surface area contributed by atoms with Crippen LogP contribution >= 0.6 is 0 Å². The molecule has 0 aliphatic rings. The average Bonchev–Trinajstić information content (AvgIpc) is 2.30. The van der Waals surface area contributed by atoms with Crippen LogP contribution in [0.3, 0.4) is 0 Å². The first-order chi connectivity index (χ1) is 8.08. The van der Waals surface area contributed by atoms with Gasteiger partial charge in [0.05, 0.1) is 11.9 Å². The van der Waals surface area contributed by atoms with Crippen molar-refractivity contribution in [3.05, 3.63) is 41.6 Å². The lowest BCUT2D eigenvalue weighted by molar-refractivity contribution is 0.614. The maximum atomic E-state index is 13.7. The molecule has 1 heterocycles. The summed E-state index contributed by atoms with van der Waals surface area (Å²) in [7, 11) is 0. The van der Waals surface area contributed by atoms with Gasteiger partial charge in [-0.1, -0.05) is 12.1 Å². The lowest BCUT2D eigenvalue weighted by Crippen LogP contribution is -2.04. The molecule has 0 spiro atoms. The first kappa shape index (κ1) is 11.3. The summed E-state index contributed by atoms with van der Waals surface area (Å²) >= 11 is 0. The molecule has 0 aliphatic carbocycles. The highest BCUT2D eigenvalue weighted by atomic mass is 19.1. The van der Waals surface area contributed by atoms with Gasteiger partial charge in [-0.3, -0.25) is 0 Å². The van der Waals surface area contributed by atoms with Gasteiger partial charge in [0.25, 0.3) is 0 Å². The third-order valence-corrected chi connectivity index (χ3v) is 2.21. The fraction of sp³-hybridized carbons (Fsp3) is 0.0909. The number of nitrogen functional groups attached to an aromatic ring is 1. The Labute approximate surface area is 96.5 Å². The van der Waals surface area contributed by atoms with Crippen LogP contribution in [0.4, 0.5) is 26.2 Å². The van der Waals surface area contributed by atoms with Crippen LogP contribution in [0.2, 0.25) is 0 Å². The van der Waals surface area contributed by atoms with Gasteiger partial charge >= 0.3 is 0 Å². The Hall–Kier alpha value is -2.24. The number of nitrogens with one attached hydrogen (secondary N) is 1. The highest BCUT2D eigenvalue weighted by molar-refractivity contribution is 5.58. The third kappa shape index (κ3) is 2.30. The van der Waals surface area contributed by atoms with E-state index in [2.05, 4.69) is 15.3 Å². The van der Waals surface area contributed by atoms with E-state index in [1.54, 1.807) is 19.1 Å². The number of nitrogens with zero attached hydrogens (tertiary/aromatic N) is 2. The van der Waals surface area contributed by atoms with Gasteiger partial charge in [0.2, 0.25) is 5.95 Å². The molecule has 1 aromatic heterocycles. The topological polar surface area (TPSA) is 63.8 Å². The maximum absolute atomic E-state index is 13.7. The van der Waals surface area contributed by atoms with Gasteiger partial charge in [0.15, 0.2) is 11.6 Å². The number of halogens is 2. The van der Waals surface area contributed by atoms with Crippen molar-refractivity contribution in [3.8, 4) is 0 Å². The van der Waals surface area contributed by atoms with Crippen molar-refractivity contribution < 1.29 is 8.78 Å². The number of hydrogen-bond donors (Lipinski definition) is 2. The van der Waals surface area contributed by atoms with E-state index < -0.39 is 11.6 Å². The summed E-state index contributed by atoms with van der Waals surface area (Å²) in [6.45, 7) is 1.62. The Kier molecular flexibility index (Phi) is 2.86. The Balaban J connectivity index is 2.38. The molecule has 2 rings (SSSR count). The largest absolute Gasteiger partial charge is 0.368 e. The van der Waals surface area contributed by atoms with E-state index in [-0.39, 0.29) is 17.5 Å². The van der Waals surface area contributed by atoms with Crippen LogP contribution in [0.1, 0.15) is 5.56 Å². The fourth-order valence-corrected chi connectivity index (χ4v) is 1.34. The third-order valence-electron chi connectivity index (χ3n) is 2.21. The van der Waals surface area contributed by atoms with Crippen molar-refractivity contribution in [1.29, 1.82) is 0 Å². The predicted octanol–water partition coefficient (Wildman–Crippen LogP) is 2.39. The molecule has 6 heteroatoms. The number of nitrogens with two attached hydrogens (primary N) is 1. The second kappa shape index (κ2) is 4.32. The van der Waals surface area contributed by atoms with Gasteiger partial charge < -0.3 is 11.1 Å². The van der Waals surface area contributed by atoms with Crippen LogP contribution in [0.5, 0.6) is 0 Å². The van der Waals surface area contributed by atoms with Crippen LogP contribution in [0.15, 0.2) is 24.4 Å². The first-order valence-corrected chi connectivity index (χ1v) is 4.88. The smallest absolute Gasteiger partial charge is 0.222 e. The summed E-state index contributed by atoms with van der Waals surface area (Å²) < 4.78 is 27.0. The molecule has 3 N–H and O–H groups in total. The molecule has 0 aliphatic heterocycles. The molecule has 17 heavy (non-hydrogen) atoms. The van der Waals surface area contributed by atoms with Crippen molar-refractivity contribution in [3.63, 3.8) is 0 Å². The van der Waals surface area contributed by atoms with Gasteiger partial charge in [-0.05, 0) is 18.6 Å². The van der Waals surface area contributed by atoms with E-state index >= 15 is 0 Å². The Morgan fingerprint density at radius 2 is 2.06 bits per heavy atom. The maximum Gasteiger partial charge on any atom is 0.222 e. The van der Waals surface area contributed by atoms with E-state index in [0.717, 1.165) is 6.20 Å². The molecule has 0 bridgehead atoms. The fourth-order valence-electron chi connectivity index (χ4n) is 1.34. The molecular formula is C11H10F2N4. The van der Waals surface area contributed by atoms with E-state index in [4.69, 9.17) is 5.73 Å². The van der Waals surface area contributed by atoms with Crippen molar-refractivity contribution in [2.45, 2.75) is 6.92 Å². The summed E-state index contributed by atoms with van der Waals surface area (Å²) in [5.41, 5.74) is 5.92. The molecule has 0 radical (unpaired) electrons. The number of aryl methyl sites for hydroxylation is 1. The molecule has 0 saturated heterocycles. The molecule has 88 valence electrons. The molecule has 0 unspecified atom stereocenters. The van der Waals surface area contributed by atoms with Gasteiger partial charge in [-0.15, -0.1) is 0 Å². The van der Waals surface area contributed by atoms with Crippen molar-refractivity contribution in [2.75, 3.05) is 11.1 Å². The molecule has 4 nitrogen and oxygen atoms in total. The van der Waals surface area contributed by atoms with Crippen LogP contribution in [0.25, 0.3) is 0 Å². The van der Waals surface area contributed by atoms with Crippen LogP contribution < -0.4 is 11.1 Å². The van der Waals surface area contributed by atoms with Crippen LogP contribution in [-0.4, -0.2) is 9.97 Å². The van der Waals surface area contributed by atoms with Crippen LogP contribution in [0, 0.1) is 18.6 Å². The molecule has 0 amide bonds. The Bertz CT molecular complexity index is 557. The predicted molar refractivity (Wildman–Crippen MR) is 60.8 cm³/mol. The number of benzene rings is 1. The zero-order chi connectivity index (χ0) is 12.4. The molecule has 2 aromatic rings. The van der Waals surface area contributed by atoms with Crippen molar-refractivity contribution in [2.24, 2.45) is 0 Å². The summed E-state index contributed by atoms with van der Waals surface area (Å²) in [5, 5.41) is 2.54. The normalized spacial score (nSPS) is 10.3. The van der Waals surface area contributed by atoms with E-state index in [1.807, 2.05) is 0 Å². The lowest BCUT2D eigenvalue weighted by atomic mass is 10.2. The highest BCUT2D eigenvalue weighted by Crippen LogP contribution is 2.22. The zero-order valence-electron chi connectivity index (χ0n) is 9.04. The minimum Gasteiger partial charge on any atom is -0.368 e. The number of hydrogen-bond acceptors (Lipinski definition) is 4. The summed E-state index contributed by atoms with van der Waals surface area (Å²) in [6.07, 6.45) is 0.929. The molecular weight excluding hydrogens is 226 g/mol. The van der Waals surface area contributed by atoms with E-state index in [9.17, 15) is 8.78 Å². The Morgan fingerprint density at radius 3 is 2.82 bits per heavy atom. The second-order valence-corrected chi connectivity index (χ2v) is 3.49. The second-order valence-electron chi connectivity index (χ2n) is 3.49. The van der Waals surface area contributed by atoms with E-state index in [1.165, 1.54) is 6.07 Å². The highest BCUT2D eigenvalue weighted by Gasteiger charge is 2.09. The standard InChI is InChI=1S/C11H10F2N4/c1-6-3-2-4-8(9(6)13)16-10-7(12)5-15-11(14)17-10/h2-5H,1H3,(H3,14,15,16,17). The average molecular weight is 236 g/mol. The minimum absolute atomic E-state index is 0.0815. The van der Waals surface area contributed by atoms with Gasteiger partial charge in [-0.2, -0.15) is 4.98 Å². The quantitative estimate of drug-likeness (QED) is 0.840. The monoisotopic (exact) mass is 236 g/mol. The molecule has 0 fully saturated rings. The number of rotatable bonds is 2. The van der Waals surface area contributed by atoms with Gasteiger partial charge in [-0.25, -0.2) is 13.8 Å². The SMILES string of the molecule is Cc1cccc(Nc2nc(N)ncc2F)c1F. The van der Waals surface area contributed by atoms with Gasteiger partial charge in [0, 0.05) is 0 Å². The van der Waals surface area contributed by atoms with E-state index in [0.29, 0.717) is 5.56 Å². The summed E-state index contributed by atoms with van der Waals surface area (Å²) in [5.74, 6) is -1.38. The van der Waals surface area contributed by atoms with Crippen LogP contribution in [-0.2, 0) is 0 Å². The number of anilines is 3. The first-order valence-electron chi connectivity index (χ1n) is 4.88. The minimum atomic E-state index is -0.694. The summed E-state index contributed by atoms with van der Waals surface area (Å²) in [4.78, 5) is 7.13. The van der Waals surface area contributed by atoms with Gasteiger partial charge in [0.1, 0.15) is 5.82 Å². The summed E-state index contributed by atoms with van der Waals surface area (Å²) in [6, 6.07) is 4.76. The number of aromatic nitrogens is 2.